The Kier molecular flexibility index (Phi) is 8.86. The molecule has 1 aromatic heterocycles. The number of hydrogen-bond donors (Lipinski definition) is 3. The first-order chi connectivity index (χ1) is 19.7. The lowest BCUT2D eigenvalue weighted by Gasteiger charge is -2.29. The highest BCUT2D eigenvalue weighted by Crippen LogP contribution is 2.31. The van der Waals surface area contributed by atoms with Gasteiger partial charge in [-0.25, -0.2) is 18.0 Å². The first kappa shape index (κ1) is 30.5. The molecule has 2 aromatic carbocycles. The Labute approximate surface area is 240 Å². The van der Waals surface area contributed by atoms with Crippen molar-refractivity contribution < 1.29 is 37.4 Å². The Balaban J connectivity index is 1.74. The summed E-state index contributed by atoms with van der Waals surface area (Å²) in [4.78, 5) is 43.8. The number of aromatic nitrogens is 1. The number of benzene rings is 2. The number of nitrogens with two attached hydrogens (primary N) is 1. The van der Waals surface area contributed by atoms with Gasteiger partial charge in [-0.2, -0.15) is 0 Å². The first-order valence-corrected chi connectivity index (χ1v) is 13.2. The summed E-state index contributed by atoms with van der Waals surface area (Å²) in [5.74, 6) is -4.11. The Hall–Kier alpha value is -4.45. The van der Waals surface area contributed by atoms with Crippen LogP contribution in [0.5, 0.6) is 0 Å². The molecule has 12 heteroatoms. The number of aliphatic hydroxyl groups excluding tert-OH is 1. The van der Waals surface area contributed by atoms with Crippen LogP contribution in [0, 0.1) is 17.5 Å². The van der Waals surface area contributed by atoms with Crippen LogP contribution in [0.4, 0.5) is 18.0 Å². The van der Waals surface area contributed by atoms with Crippen molar-refractivity contribution in [1.82, 2.24) is 15.2 Å². The van der Waals surface area contributed by atoms with E-state index >= 15 is 0 Å². The minimum absolute atomic E-state index is 0.0681. The highest BCUT2D eigenvalue weighted by atomic mass is 19.1. The number of hydrogen-bond acceptors (Lipinski definition) is 6. The molecular formula is C30H31F3N4O5. The molecule has 1 aliphatic heterocycles. The zero-order valence-electron chi connectivity index (χ0n) is 23.2. The third kappa shape index (κ3) is 7.24. The van der Waals surface area contributed by atoms with Gasteiger partial charge in [-0.15, -0.1) is 0 Å². The second kappa shape index (κ2) is 12.2. The molecule has 0 saturated carbocycles. The first-order valence-electron chi connectivity index (χ1n) is 13.2. The van der Waals surface area contributed by atoms with Gasteiger partial charge in [0.2, 0.25) is 5.91 Å². The van der Waals surface area contributed by atoms with Gasteiger partial charge >= 0.3 is 6.09 Å². The molecule has 2 heterocycles. The van der Waals surface area contributed by atoms with Crippen LogP contribution >= 0.6 is 0 Å². The molecular weight excluding hydrogens is 553 g/mol. The van der Waals surface area contributed by atoms with Gasteiger partial charge in [0, 0.05) is 24.2 Å². The summed E-state index contributed by atoms with van der Waals surface area (Å²) < 4.78 is 47.8. The third-order valence-corrected chi connectivity index (χ3v) is 6.60. The minimum Gasteiger partial charge on any atom is -0.444 e. The predicted molar refractivity (Wildman–Crippen MR) is 146 cm³/mol. The third-order valence-electron chi connectivity index (χ3n) is 6.60. The van der Waals surface area contributed by atoms with E-state index in [1.54, 1.807) is 32.9 Å². The summed E-state index contributed by atoms with van der Waals surface area (Å²) in [6, 6.07) is 7.74. The quantitative estimate of drug-likeness (QED) is 0.384. The maximum atomic E-state index is 14.2. The average molecular weight is 585 g/mol. The summed E-state index contributed by atoms with van der Waals surface area (Å²) in [6.07, 6.45) is -0.528. The van der Waals surface area contributed by atoms with E-state index in [-0.39, 0.29) is 36.2 Å². The second-order valence-corrected chi connectivity index (χ2v) is 11.1. The van der Waals surface area contributed by atoms with E-state index in [0.29, 0.717) is 17.2 Å². The molecule has 4 N–H and O–H groups in total. The molecule has 1 aliphatic rings. The number of primary amides is 1. The monoisotopic (exact) mass is 584 g/mol. The van der Waals surface area contributed by atoms with Gasteiger partial charge in [0.05, 0.1) is 29.9 Å². The Morgan fingerprint density at radius 2 is 1.81 bits per heavy atom. The molecule has 0 aliphatic carbocycles. The Morgan fingerprint density at radius 1 is 1.12 bits per heavy atom. The summed E-state index contributed by atoms with van der Waals surface area (Å²) in [6.45, 7) is 4.88. The molecule has 4 rings (SSSR count). The molecule has 1 saturated heterocycles. The molecule has 3 amide bonds. The highest BCUT2D eigenvalue weighted by Gasteiger charge is 2.41. The van der Waals surface area contributed by atoms with Crippen molar-refractivity contribution in [1.29, 1.82) is 0 Å². The molecule has 0 bridgehead atoms. The molecule has 42 heavy (non-hydrogen) atoms. The van der Waals surface area contributed by atoms with Crippen LogP contribution in [0.3, 0.4) is 0 Å². The van der Waals surface area contributed by atoms with E-state index in [0.717, 1.165) is 23.1 Å². The van der Waals surface area contributed by atoms with Crippen molar-refractivity contribution in [3.63, 3.8) is 0 Å². The SMILES string of the molecule is CC(C)(C)OC(=O)N1C[C@H](O)CC1C(=O)N[C@@H](Cc1cc(F)cc(F)c1)c1ncccc1-c1ccc(F)c(C(N)=O)c1. The van der Waals surface area contributed by atoms with E-state index in [9.17, 15) is 32.7 Å². The zero-order chi connectivity index (χ0) is 30.8. The summed E-state index contributed by atoms with van der Waals surface area (Å²) in [5, 5.41) is 13.1. The van der Waals surface area contributed by atoms with Crippen LogP contribution in [0.15, 0.2) is 54.7 Å². The maximum absolute atomic E-state index is 14.2. The van der Waals surface area contributed by atoms with Crippen molar-refractivity contribution in [2.24, 2.45) is 5.73 Å². The molecule has 1 fully saturated rings. The van der Waals surface area contributed by atoms with Crippen LogP contribution in [0.1, 0.15) is 54.8 Å². The number of amides is 3. The van der Waals surface area contributed by atoms with E-state index in [2.05, 4.69) is 10.3 Å². The van der Waals surface area contributed by atoms with Crippen LogP contribution in [0.2, 0.25) is 0 Å². The lowest BCUT2D eigenvalue weighted by Crippen LogP contribution is -2.48. The van der Waals surface area contributed by atoms with Crippen molar-refractivity contribution in [3.05, 3.63) is 89.0 Å². The Bertz CT molecular complexity index is 1490. The Morgan fingerprint density at radius 3 is 2.45 bits per heavy atom. The van der Waals surface area contributed by atoms with Gasteiger partial charge in [-0.05, 0) is 68.7 Å². The number of ether oxygens (including phenoxy) is 1. The molecule has 222 valence electrons. The number of nitrogens with one attached hydrogen (secondary N) is 1. The molecule has 0 radical (unpaired) electrons. The fourth-order valence-corrected chi connectivity index (χ4v) is 4.85. The average Bonchev–Trinajstić information content (AvgIpc) is 3.29. The lowest BCUT2D eigenvalue weighted by atomic mass is 9.94. The van der Waals surface area contributed by atoms with E-state index in [1.807, 2.05) is 0 Å². The smallest absolute Gasteiger partial charge is 0.411 e. The van der Waals surface area contributed by atoms with Crippen LogP contribution in [0.25, 0.3) is 11.1 Å². The van der Waals surface area contributed by atoms with Crippen molar-refractivity contribution >= 4 is 17.9 Å². The van der Waals surface area contributed by atoms with Crippen molar-refractivity contribution in [2.45, 2.75) is 57.4 Å². The number of β-amino-alcohol motifs (C(OH)–C–C–N with tert-alkyl or cyclic N) is 1. The number of aliphatic hydroxyl groups is 1. The van der Waals surface area contributed by atoms with Gasteiger partial charge in [0.25, 0.3) is 5.91 Å². The van der Waals surface area contributed by atoms with Crippen molar-refractivity contribution in [3.8, 4) is 11.1 Å². The fourth-order valence-electron chi connectivity index (χ4n) is 4.85. The molecule has 0 spiro atoms. The number of rotatable bonds is 7. The van der Waals surface area contributed by atoms with Crippen LogP contribution in [-0.2, 0) is 16.0 Å². The highest BCUT2D eigenvalue weighted by molar-refractivity contribution is 5.94. The summed E-state index contributed by atoms with van der Waals surface area (Å²) in [7, 11) is 0. The number of likely N-dealkylation sites (tertiary alicyclic amines) is 1. The molecule has 3 atom stereocenters. The number of halogens is 3. The molecule has 3 aromatic rings. The zero-order valence-corrected chi connectivity index (χ0v) is 23.2. The lowest BCUT2D eigenvalue weighted by molar-refractivity contribution is -0.126. The number of carbonyl (C=O) groups is 3. The van der Waals surface area contributed by atoms with E-state index in [1.165, 1.54) is 18.3 Å². The summed E-state index contributed by atoms with van der Waals surface area (Å²) >= 11 is 0. The number of nitrogens with zero attached hydrogens (tertiary/aromatic N) is 2. The van der Waals surface area contributed by atoms with Gasteiger partial charge in [-0.3, -0.25) is 19.5 Å². The van der Waals surface area contributed by atoms with Crippen LogP contribution in [-0.4, -0.2) is 57.2 Å². The standard InChI is InChI=1S/C30H31F3N4O5/c1-30(2,3)42-29(41)37-15-20(38)14-25(37)28(40)36-24(11-16-9-18(31)13-19(32)10-16)26-21(5-4-8-35-26)17-6-7-23(33)22(12-17)27(34)39/h4-10,12-13,20,24-25,38H,11,14-15H2,1-3H3,(H2,34,39)(H,36,40)/t20-,24+,25?/m1/s1. The molecule has 1 unspecified atom stereocenters. The largest absolute Gasteiger partial charge is 0.444 e. The number of pyridine rings is 1. The summed E-state index contributed by atoms with van der Waals surface area (Å²) in [5.41, 5.74) is 5.29. The van der Waals surface area contributed by atoms with Crippen LogP contribution < -0.4 is 11.1 Å². The van der Waals surface area contributed by atoms with Gasteiger partial charge < -0.3 is 20.9 Å². The van der Waals surface area contributed by atoms with E-state index in [4.69, 9.17) is 10.5 Å². The fraction of sp³-hybridized carbons (Fsp3) is 0.333. The van der Waals surface area contributed by atoms with Gasteiger partial charge in [-0.1, -0.05) is 12.1 Å². The predicted octanol–water partition coefficient (Wildman–Crippen LogP) is 4.04. The second-order valence-electron chi connectivity index (χ2n) is 11.1. The van der Waals surface area contributed by atoms with Gasteiger partial charge in [0.1, 0.15) is 29.1 Å². The maximum Gasteiger partial charge on any atom is 0.411 e. The van der Waals surface area contributed by atoms with Crippen molar-refractivity contribution in [2.75, 3.05) is 6.54 Å². The van der Waals surface area contributed by atoms with Gasteiger partial charge in [0.15, 0.2) is 0 Å². The van der Waals surface area contributed by atoms with E-state index < -0.39 is 59.1 Å². The topological polar surface area (TPSA) is 135 Å². The minimum atomic E-state index is -1.11. The normalized spacial score (nSPS) is 17.5. The number of carbonyl (C=O) groups excluding carboxylic acids is 3. The molecule has 9 nitrogen and oxygen atoms in total.